The molecule has 0 radical (unpaired) electrons. The molecule has 1 aromatic heterocycles. The monoisotopic (exact) mass is 245 g/mol. The Balaban J connectivity index is 2.13. The number of aliphatic carboxylic acids is 1. The maximum Gasteiger partial charge on any atom is 0.306 e. The molecule has 94 valence electrons. The van der Waals surface area contributed by atoms with E-state index in [-0.39, 0.29) is 5.92 Å². The van der Waals surface area contributed by atoms with E-state index in [1.54, 1.807) is 13.2 Å². The second-order valence-corrected chi connectivity index (χ2v) is 4.43. The third kappa shape index (κ3) is 2.77. The number of aromatic nitrogens is 1. The summed E-state index contributed by atoms with van der Waals surface area (Å²) in [7, 11) is 0. The molecule has 0 saturated carbocycles. The van der Waals surface area contributed by atoms with Crippen LogP contribution in [0, 0.1) is 12.8 Å². The predicted octanol–water partition coefficient (Wildman–Crippen LogP) is 2.91. The zero-order valence-electron chi connectivity index (χ0n) is 10.4. The lowest BCUT2D eigenvalue weighted by molar-refractivity contribution is -0.141. The standard InChI is InChI=1S/C14H15NO3/c1-9(14(16)17)7-11-3-5-12(6-4-11)13-15-10(2)8-18-13/h3-6,8-9H,7H2,1-2H3,(H,16,17). The summed E-state index contributed by atoms with van der Waals surface area (Å²) in [6, 6.07) is 7.62. The number of oxazole rings is 1. The topological polar surface area (TPSA) is 63.3 Å². The number of hydrogen-bond acceptors (Lipinski definition) is 3. The van der Waals surface area contributed by atoms with E-state index in [1.807, 2.05) is 31.2 Å². The number of nitrogens with zero attached hydrogens (tertiary/aromatic N) is 1. The molecule has 0 aliphatic heterocycles. The van der Waals surface area contributed by atoms with E-state index in [0.29, 0.717) is 12.3 Å². The molecule has 1 heterocycles. The number of carboxylic acid groups (broad SMARTS) is 1. The molecule has 1 aromatic carbocycles. The van der Waals surface area contributed by atoms with Gasteiger partial charge in [0.1, 0.15) is 6.26 Å². The van der Waals surface area contributed by atoms with Crippen molar-refractivity contribution in [2.45, 2.75) is 20.3 Å². The maximum absolute atomic E-state index is 10.8. The van der Waals surface area contributed by atoms with E-state index in [2.05, 4.69) is 4.98 Å². The minimum atomic E-state index is -0.776. The van der Waals surface area contributed by atoms with Crippen molar-refractivity contribution in [1.29, 1.82) is 0 Å². The number of benzene rings is 1. The minimum Gasteiger partial charge on any atom is -0.481 e. The largest absolute Gasteiger partial charge is 0.481 e. The van der Waals surface area contributed by atoms with E-state index in [0.717, 1.165) is 16.8 Å². The second kappa shape index (κ2) is 5.04. The van der Waals surface area contributed by atoms with E-state index in [1.165, 1.54) is 0 Å². The van der Waals surface area contributed by atoms with Crippen LogP contribution in [0.15, 0.2) is 34.9 Å². The summed E-state index contributed by atoms with van der Waals surface area (Å²) in [6.07, 6.45) is 2.13. The van der Waals surface area contributed by atoms with Gasteiger partial charge in [-0.25, -0.2) is 4.98 Å². The summed E-state index contributed by atoms with van der Waals surface area (Å²) >= 11 is 0. The Kier molecular flexibility index (Phi) is 3.46. The van der Waals surface area contributed by atoms with Crippen LogP contribution < -0.4 is 0 Å². The van der Waals surface area contributed by atoms with Crippen molar-refractivity contribution in [3.05, 3.63) is 41.8 Å². The number of aryl methyl sites for hydroxylation is 1. The fraction of sp³-hybridized carbons (Fsp3) is 0.286. The van der Waals surface area contributed by atoms with Crippen molar-refractivity contribution in [2.75, 3.05) is 0 Å². The number of carbonyl (C=O) groups is 1. The van der Waals surface area contributed by atoms with Gasteiger partial charge < -0.3 is 9.52 Å². The summed E-state index contributed by atoms with van der Waals surface area (Å²) < 4.78 is 5.30. The summed E-state index contributed by atoms with van der Waals surface area (Å²) in [5, 5.41) is 8.85. The SMILES string of the molecule is Cc1coc(-c2ccc(CC(C)C(=O)O)cc2)n1. The van der Waals surface area contributed by atoms with Crippen LogP contribution in [0.25, 0.3) is 11.5 Å². The third-order valence-corrected chi connectivity index (χ3v) is 2.78. The number of hydrogen-bond donors (Lipinski definition) is 1. The van der Waals surface area contributed by atoms with Gasteiger partial charge in [-0.1, -0.05) is 19.1 Å². The van der Waals surface area contributed by atoms with Gasteiger partial charge in [0, 0.05) is 5.56 Å². The van der Waals surface area contributed by atoms with Crippen LogP contribution in [0.4, 0.5) is 0 Å². The van der Waals surface area contributed by atoms with Gasteiger partial charge in [-0.3, -0.25) is 4.79 Å². The third-order valence-electron chi connectivity index (χ3n) is 2.78. The molecule has 0 aliphatic rings. The Morgan fingerprint density at radius 3 is 2.56 bits per heavy atom. The van der Waals surface area contributed by atoms with Gasteiger partial charge in [-0.2, -0.15) is 0 Å². The maximum atomic E-state index is 10.8. The molecule has 0 amide bonds. The molecular formula is C14H15NO3. The van der Waals surface area contributed by atoms with Crippen LogP contribution in [0.1, 0.15) is 18.2 Å². The smallest absolute Gasteiger partial charge is 0.306 e. The van der Waals surface area contributed by atoms with E-state index >= 15 is 0 Å². The summed E-state index contributed by atoms with van der Waals surface area (Å²) in [5.41, 5.74) is 2.74. The molecule has 0 fully saturated rings. The fourth-order valence-corrected chi connectivity index (χ4v) is 1.71. The van der Waals surface area contributed by atoms with Crippen LogP contribution in [0.5, 0.6) is 0 Å². The molecule has 1 atom stereocenters. The van der Waals surface area contributed by atoms with Crippen molar-refractivity contribution < 1.29 is 14.3 Å². The Hall–Kier alpha value is -2.10. The Labute approximate surface area is 105 Å². The van der Waals surface area contributed by atoms with E-state index in [4.69, 9.17) is 9.52 Å². The molecule has 0 aliphatic carbocycles. The van der Waals surface area contributed by atoms with E-state index < -0.39 is 5.97 Å². The first-order valence-electron chi connectivity index (χ1n) is 5.80. The van der Waals surface area contributed by atoms with Crippen molar-refractivity contribution in [1.82, 2.24) is 4.98 Å². The van der Waals surface area contributed by atoms with Crippen molar-refractivity contribution in [3.63, 3.8) is 0 Å². The normalized spacial score (nSPS) is 12.3. The van der Waals surface area contributed by atoms with Gasteiger partial charge in [0.15, 0.2) is 0 Å². The highest BCUT2D eigenvalue weighted by Gasteiger charge is 2.12. The highest BCUT2D eigenvalue weighted by Crippen LogP contribution is 2.20. The number of rotatable bonds is 4. The zero-order chi connectivity index (χ0) is 13.1. The molecule has 18 heavy (non-hydrogen) atoms. The Bertz CT molecular complexity index is 542. The fourth-order valence-electron chi connectivity index (χ4n) is 1.71. The lowest BCUT2D eigenvalue weighted by atomic mass is 10.0. The second-order valence-electron chi connectivity index (χ2n) is 4.43. The molecule has 2 rings (SSSR count). The zero-order valence-corrected chi connectivity index (χ0v) is 10.4. The molecular weight excluding hydrogens is 230 g/mol. The first-order valence-corrected chi connectivity index (χ1v) is 5.80. The van der Waals surface area contributed by atoms with Crippen LogP contribution in [0.2, 0.25) is 0 Å². The molecule has 0 saturated heterocycles. The van der Waals surface area contributed by atoms with Crippen LogP contribution in [-0.4, -0.2) is 16.1 Å². The Morgan fingerprint density at radius 1 is 1.39 bits per heavy atom. The van der Waals surface area contributed by atoms with Gasteiger partial charge >= 0.3 is 5.97 Å². The summed E-state index contributed by atoms with van der Waals surface area (Å²) in [6.45, 7) is 3.57. The van der Waals surface area contributed by atoms with Crippen molar-refractivity contribution in [2.24, 2.45) is 5.92 Å². The quantitative estimate of drug-likeness (QED) is 0.899. The minimum absolute atomic E-state index is 0.375. The lowest BCUT2D eigenvalue weighted by Gasteiger charge is -2.06. The van der Waals surface area contributed by atoms with Gasteiger partial charge in [0.05, 0.1) is 11.6 Å². The van der Waals surface area contributed by atoms with Gasteiger partial charge in [-0.05, 0) is 31.0 Å². The first kappa shape index (κ1) is 12.4. The van der Waals surface area contributed by atoms with Crippen molar-refractivity contribution >= 4 is 5.97 Å². The van der Waals surface area contributed by atoms with Crippen LogP contribution >= 0.6 is 0 Å². The van der Waals surface area contributed by atoms with Gasteiger partial charge in [0.25, 0.3) is 0 Å². The van der Waals surface area contributed by atoms with Gasteiger partial charge in [0.2, 0.25) is 5.89 Å². The average Bonchev–Trinajstić information content (AvgIpc) is 2.76. The molecule has 2 aromatic rings. The molecule has 4 nitrogen and oxygen atoms in total. The summed E-state index contributed by atoms with van der Waals surface area (Å²) in [4.78, 5) is 15.0. The van der Waals surface area contributed by atoms with Crippen LogP contribution in [0.3, 0.4) is 0 Å². The molecule has 4 heteroatoms. The predicted molar refractivity (Wildman–Crippen MR) is 67.2 cm³/mol. The summed E-state index contributed by atoms with van der Waals surface area (Å²) in [5.74, 6) is -0.562. The first-order chi connectivity index (χ1) is 8.56. The average molecular weight is 245 g/mol. The Morgan fingerprint density at radius 2 is 2.06 bits per heavy atom. The lowest BCUT2D eigenvalue weighted by Crippen LogP contribution is -2.12. The van der Waals surface area contributed by atoms with E-state index in [9.17, 15) is 4.79 Å². The highest BCUT2D eigenvalue weighted by molar-refractivity contribution is 5.70. The molecule has 0 bridgehead atoms. The number of carboxylic acids is 1. The molecule has 1 N–H and O–H groups in total. The van der Waals surface area contributed by atoms with Crippen molar-refractivity contribution in [3.8, 4) is 11.5 Å². The van der Waals surface area contributed by atoms with Crippen LogP contribution in [-0.2, 0) is 11.2 Å². The highest BCUT2D eigenvalue weighted by atomic mass is 16.4. The van der Waals surface area contributed by atoms with Gasteiger partial charge in [-0.15, -0.1) is 0 Å². The molecule has 1 unspecified atom stereocenters. The molecule has 0 spiro atoms.